The van der Waals surface area contributed by atoms with Gasteiger partial charge in [-0.25, -0.2) is 0 Å². The van der Waals surface area contributed by atoms with Crippen LogP contribution in [0.5, 0.6) is 0 Å². The number of aromatic nitrogens is 1. The molecule has 5 nitrogen and oxygen atoms in total. The van der Waals surface area contributed by atoms with Gasteiger partial charge >= 0.3 is 0 Å². The quantitative estimate of drug-likeness (QED) is 0.743. The number of pyridine rings is 1. The predicted octanol–water partition coefficient (Wildman–Crippen LogP) is 3.01. The molecule has 0 aliphatic heterocycles. The molecule has 1 atom stereocenters. The van der Waals surface area contributed by atoms with Gasteiger partial charge in [-0.1, -0.05) is 19.1 Å². The highest BCUT2D eigenvalue weighted by molar-refractivity contribution is 6.09. The molecule has 5 heteroatoms. The Hall–Kier alpha value is -3.08. The van der Waals surface area contributed by atoms with Crippen LogP contribution in [0.3, 0.4) is 0 Å². The summed E-state index contributed by atoms with van der Waals surface area (Å²) in [6, 6.07) is 5.71. The summed E-state index contributed by atoms with van der Waals surface area (Å²) in [7, 11) is 3.57. The Morgan fingerprint density at radius 3 is 2.81 bits per heavy atom. The maximum absolute atomic E-state index is 12.6. The Morgan fingerprint density at radius 1 is 1.38 bits per heavy atom. The smallest absolute Gasteiger partial charge is 0.258 e. The van der Waals surface area contributed by atoms with Gasteiger partial charge in [-0.05, 0) is 47.1 Å². The van der Waals surface area contributed by atoms with Crippen molar-refractivity contribution in [3.8, 4) is 0 Å². The number of benzene rings is 1. The SMILES string of the molecule is CN/C=C(\C=N)c1ccc2c(=O)n(C)cc(C3=CC(N)=CC(C)C3)c2c1. The highest BCUT2D eigenvalue weighted by Crippen LogP contribution is 2.33. The van der Waals surface area contributed by atoms with Crippen LogP contribution in [0, 0.1) is 11.3 Å². The van der Waals surface area contributed by atoms with Crippen molar-refractivity contribution >= 4 is 28.1 Å². The van der Waals surface area contributed by atoms with Gasteiger partial charge in [0.15, 0.2) is 0 Å². The lowest BCUT2D eigenvalue weighted by Gasteiger charge is -2.20. The first kappa shape index (κ1) is 17.7. The third-order valence-corrected chi connectivity index (χ3v) is 4.68. The number of rotatable bonds is 4. The summed E-state index contributed by atoms with van der Waals surface area (Å²) in [6.07, 6.45) is 9.90. The van der Waals surface area contributed by atoms with E-state index in [1.54, 1.807) is 24.9 Å². The summed E-state index contributed by atoms with van der Waals surface area (Å²) in [5.74, 6) is 0.354. The average molecular weight is 348 g/mol. The fourth-order valence-electron chi connectivity index (χ4n) is 3.49. The predicted molar refractivity (Wildman–Crippen MR) is 109 cm³/mol. The normalized spacial score (nSPS) is 17.7. The van der Waals surface area contributed by atoms with E-state index in [9.17, 15) is 4.79 Å². The van der Waals surface area contributed by atoms with Crippen LogP contribution in [-0.4, -0.2) is 17.8 Å². The van der Waals surface area contributed by atoms with Crippen molar-refractivity contribution in [1.29, 1.82) is 5.41 Å². The van der Waals surface area contributed by atoms with Gasteiger partial charge in [0.25, 0.3) is 5.56 Å². The fourth-order valence-corrected chi connectivity index (χ4v) is 3.49. The molecule has 1 aliphatic rings. The monoisotopic (exact) mass is 348 g/mol. The molecule has 0 amide bonds. The minimum absolute atomic E-state index is 0.0303. The number of nitrogens with zero attached hydrogens (tertiary/aromatic N) is 1. The molecular weight excluding hydrogens is 324 g/mol. The van der Waals surface area contributed by atoms with Crippen LogP contribution < -0.4 is 16.6 Å². The minimum atomic E-state index is -0.0303. The number of hydrogen-bond donors (Lipinski definition) is 3. The number of hydrogen-bond acceptors (Lipinski definition) is 4. The summed E-state index contributed by atoms with van der Waals surface area (Å²) in [4.78, 5) is 12.6. The number of fused-ring (bicyclic) bond motifs is 1. The molecule has 0 saturated heterocycles. The number of allylic oxidation sites excluding steroid dienone is 4. The van der Waals surface area contributed by atoms with Gasteiger partial charge in [0, 0.05) is 54.9 Å². The molecule has 1 unspecified atom stereocenters. The first-order valence-electron chi connectivity index (χ1n) is 8.64. The van der Waals surface area contributed by atoms with E-state index in [4.69, 9.17) is 11.1 Å². The third kappa shape index (κ3) is 3.20. The zero-order valence-electron chi connectivity index (χ0n) is 15.3. The van der Waals surface area contributed by atoms with Crippen molar-refractivity contribution in [3.63, 3.8) is 0 Å². The molecule has 26 heavy (non-hydrogen) atoms. The van der Waals surface area contributed by atoms with E-state index in [0.29, 0.717) is 11.3 Å². The molecule has 3 rings (SSSR count). The lowest BCUT2D eigenvalue weighted by Crippen LogP contribution is -2.18. The fraction of sp³-hybridized carbons (Fsp3) is 0.238. The van der Waals surface area contributed by atoms with Crippen molar-refractivity contribution in [1.82, 2.24) is 9.88 Å². The molecule has 134 valence electrons. The molecule has 0 bridgehead atoms. The van der Waals surface area contributed by atoms with E-state index in [2.05, 4.69) is 18.3 Å². The van der Waals surface area contributed by atoms with Gasteiger partial charge in [-0.15, -0.1) is 0 Å². The molecule has 1 aromatic carbocycles. The Balaban J connectivity index is 2.30. The maximum Gasteiger partial charge on any atom is 0.258 e. The number of nitrogens with two attached hydrogens (primary N) is 1. The third-order valence-electron chi connectivity index (χ3n) is 4.68. The topological polar surface area (TPSA) is 83.9 Å². The van der Waals surface area contributed by atoms with E-state index in [1.807, 2.05) is 30.5 Å². The summed E-state index contributed by atoms with van der Waals surface area (Å²) in [5, 5.41) is 12.2. The van der Waals surface area contributed by atoms with E-state index in [0.717, 1.165) is 39.8 Å². The van der Waals surface area contributed by atoms with Crippen molar-refractivity contribution < 1.29 is 0 Å². The standard InChI is InChI=1S/C21H24N4O/c1-13-6-15(8-17(23)7-13)20-12-25(3)21(26)18-5-4-14(9-19(18)20)16(10-22)11-24-2/h4-5,7-13,22,24H,6,23H2,1-3H3/b16-11+,22-10?. The minimum Gasteiger partial charge on any atom is -0.399 e. The van der Waals surface area contributed by atoms with Gasteiger partial charge in [0.2, 0.25) is 0 Å². The van der Waals surface area contributed by atoms with Crippen LogP contribution in [0.2, 0.25) is 0 Å². The first-order chi connectivity index (χ1) is 12.4. The summed E-state index contributed by atoms with van der Waals surface area (Å²) in [6.45, 7) is 2.14. The van der Waals surface area contributed by atoms with Gasteiger partial charge in [-0.3, -0.25) is 4.79 Å². The second-order valence-corrected chi connectivity index (χ2v) is 6.77. The summed E-state index contributed by atoms with van der Waals surface area (Å²) in [5.41, 5.74) is 10.6. The van der Waals surface area contributed by atoms with Crippen molar-refractivity contribution in [2.45, 2.75) is 13.3 Å². The molecule has 0 saturated carbocycles. The Kier molecular flexibility index (Phi) is 4.80. The average Bonchev–Trinajstić information content (AvgIpc) is 2.61. The van der Waals surface area contributed by atoms with E-state index in [1.165, 1.54) is 6.21 Å². The second-order valence-electron chi connectivity index (χ2n) is 6.77. The van der Waals surface area contributed by atoms with E-state index in [-0.39, 0.29) is 5.56 Å². The molecule has 2 aromatic rings. The van der Waals surface area contributed by atoms with E-state index < -0.39 is 0 Å². The molecule has 1 heterocycles. The van der Waals surface area contributed by atoms with Gasteiger partial charge in [0.05, 0.1) is 0 Å². The van der Waals surface area contributed by atoms with Gasteiger partial charge in [0.1, 0.15) is 0 Å². The highest BCUT2D eigenvalue weighted by atomic mass is 16.1. The Labute approximate surface area is 153 Å². The van der Waals surface area contributed by atoms with Crippen LogP contribution in [0.25, 0.3) is 21.9 Å². The number of aryl methyl sites for hydroxylation is 1. The molecular formula is C21H24N4O. The van der Waals surface area contributed by atoms with Crippen LogP contribution in [0.4, 0.5) is 0 Å². The molecule has 0 radical (unpaired) electrons. The summed E-state index contributed by atoms with van der Waals surface area (Å²) >= 11 is 0. The first-order valence-corrected chi connectivity index (χ1v) is 8.64. The number of nitrogens with one attached hydrogen (secondary N) is 2. The largest absolute Gasteiger partial charge is 0.399 e. The molecule has 4 N–H and O–H groups in total. The van der Waals surface area contributed by atoms with Gasteiger partial charge in [-0.2, -0.15) is 0 Å². The van der Waals surface area contributed by atoms with Crippen LogP contribution >= 0.6 is 0 Å². The molecule has 1 aromatic heterocycles. The van der Waals surface area contributed by atoms with Crippen molar-refractivity contribution in [3.05, 3.63) is 69.9 Å². The zero-order valence-corrected chi connectivity index (χ0v) is 15.3. The molecule has 0 spiro atoms. The Bertz CT molecular complexity index is 1020. The van der Waals surface area contributed by atoms with Crippen molar-refractivity contribution in [2.75, 3.05) is 7.05 Å². The van der Waals surface area contributed by atoms with Gasteiger partial charge < -0.3 is 21.0 Å². The van der Waals surface area contributed by atoms with E-state index >= 15 is 0 Å². The van der Waals surface area contributed by atoms with Crippen LogP contribution in [0.15, 0.2) is 53.2 Å². The second kappa shape index (κ2) is 7.04. The lowest BCUT2D eigenvalue weighted by atomic mass is 9.88. The molecule has 1 aliphatic carbocycles. The highest BCUT2D eigenvalue weighted by Gasteiger charge is 2.17. The maximum atomic E-state index is 12.6. The zero-order chi connectivity index (χ0) is 18.8. The van der Waals surface area contributed by atoms with Crippen LogP contribution in [-0.2, 0) is 7.05 Å². The van der Waals surface area contributed by atoms with Crippen molar-refractivity contribution in [2.24, 2.45) is 18.7 Å². The lowest BCUT2D eigenvalue weighted by molar-refractivity contribution is 0.738. The molecule has 0 fully saturated rings. The van der Waals surface area contributed by atoms with Crippen LogP contribution in [0.1, 0.15) is 24.5 Å². The Morgan fingerprint density at radius 2 is 2.15 bits per heavy atom. The summed E-state index contributed by atoms with van der Waals surface area (Å²) < 4.78 is 1.62.